The molecule has 3 aliphatic rings. The second kappa shape index (κ2) is 5.50. The fourth-order valence-electron chi connectivity index (χ4n) is 4.63. The van der Waals surface area contributed by atoms with E-state index in [0.717, 1.165) is 30.0 Å². The number of rotatable bonds is 2. The molecule has 1 N–H and O–H groups in total. The third-order valence-corrected chi connectivity index (χ3v) is 5.72. The minimum Gasteiger partial charge on any atom is -0.309 e. The summed E-state index contributed by atoms with van der Waals surface area (Å²) >= 11 is 0. The van der Waals surface area contributed by atoms with Crippen LogP contribution in [-0.2, 0) is 0 Å². The normalized spacial score (nSPS) is 46.0. The van der Waals surface area contributed by atoms with E-state index in [2.05, 4.69) is 24.1 Å². The van der Waals surface area contributed by atoms with Crippen LogP contribution in [0.25, 0.3) is 0 Å². The van der Waals surface area contributed by atoms with E-state index in [1.54, 1.807) is 0 Å². The van der Waals surface area contributed by atoms with E-state index in [9.17, 15) is 0 Å². The first kappa shape index (κ1) is 12.9. The highest BCUT2D eigenvalue weighted by Gasteiger charge is 2.37. The van der Waals surface area contributed by atoms with Crippen molar-refractivity contribution in [3.63, 3.8) is 0 Å². The maximum absolute atomic E-state index is 4.05. The monoisotopic (exact) mass is 250 g/mol. The molecule has 0 aromatic rings. The highest BCUT2D eigenvalue weighted by atomic mass is 15.2. The van der Waals surface area contributed by atoms with E-state index in [4.69, 9.17) is 0 Å². The number of hydrogen-bond acceptors (Lipinski definition) is 2. The van der Waals surface area contributed by atoms with Crippen molar-refractivity contribution in [2.75, 3.05) is 13.1 Å². The molecule has 3 rings (SSSR count). The van der Waals surface area contributed by atoms with Gasteiger partial charge in [-0.3, -0.25) is 4.90 Å². The van der Waals surface area contributed by atoms with Crippen LogP contribution >= 0.6 is 0 Å². The van der Waals surface area contributed by atoms with Crippen LogP contribution < -0.4 is 5.32 Å². The molecule has 104 valence electrons. The lowest BCUT2D eigenvalue weighted by molar-refractivity contribution is 0.156. The Morgan fingerprint density at radius 2 is 1.78 bits per heavy atom. The van der Waals surface area contributed by atoms with Crippen molar-refractivity contribution in [1.82, 2.24) is 10.2 Å². The van der Waals surface area contributed by atoms with E-state index in [-0.39, 0.29) is 0 Å². The highest BCUT2D eigenvalue weighted by Crippen LogP contribution is 2.32. The van der Waals surface area contributed by atoms with Crippen molar-refractivity contribution in [3.8, 4) is 0 Å². The average molecular weight is 250 g/mol. The SMILES string of the molecule is CC1CCC(NC2CCN3CCCCC23)C(C)C1. The molecular formula is C16H30N2. The van der Waals surface area contributed by atoms with Gasteiger partial charge < -0.3 is 5.32 Å². The van der Waals surface area contributed by atoms with Gasteiger partial charge in [-0.05, 0) is 56.9 Å². The Morgan fingerprint density at radius 3 is 2.61 bits per heavy atom. The van der Waals surface area contributed by atoms with Crippen molar-refractivity contribution < 1.29 is 0 Å². The molecule has 0 bridgehead atoms. The molecule has 0 radical (unpaired) electrons. The molecule has 1 saturated carbocycles. The standard InChI is InChI=1S/C16H30N2/c1-12-6-7-14(13(2)11-12)17-15-8-10-18-9-4-3-5-16(15)18/h12-17H,3-11H2,1-2H3. The van der Waals surface area contributed by atoms with Crippen LogP contribution in [-0.4, -0.2) is 36.1 Å². The maximum Gasteiger partial charge on any atom is 0.0249 e. The van der Waals surface area contributed by atoms with Gasteiger partial charge in [0.25, 0.3) is 0 Å². The second-order valence-electron chi connectivity index (χ2n) is 7.16. The summed E-state index contributed by atoms with van der Waals surface area (Å²) in [6.45, 7) is 7.59. The summed E-state index contributed by atoms with van der Waals surface area (Å²) in [4.78, 5) is 2.75. The van der Waals surface area contributed by atoms with Crippen molar-refractivity contribution in [2.24, 2.45) is 11.8 Å². The van der Waals surface area contributed by atoms with Crippen molar-refractivity contribution in [3.05, 3.63) is 0 Å². The quantitative estimate of drug-likeness (QED) is 0.810. The molecule has 2 saturated heterocycles. The van der Waals surface area contributed by atoms with Crippen LogP contribution in [0.15, 0.2) is 0 Å². The predicted molar refractivity (Wildman–Crippen MR) is 76.7 cm³/mol. The van der Waals surface area contributed by atoms with Crippen molar-refractivity contribution in [1.29, 1.82) is 0 Å². The molecule has 2 heteroatoms. The summed E-state index contributed by atoms with van der Waals surface area (Å²) in [5.74, 6) is 1.83. The van der Waals surface area contributed by atoms with Gasteiger partial charge in [-0.2, -0.15) is 0 Å². The van der Waals surface area contributed by atoms with Crippen molar-refractivity contribution in [2.45, 2.75) is 76.9 Å². The molecule has 2 nitrogen and oxygen atoms in total. The Bertz CT molecular complexity index is 278. The highest BCUT2D eigenvalue weighted by molar-refractivity contribution is 4.96. The van der Waals surface area contributed by atoms with Gasteiger partial charge in [-0.1, -0.05) is 20.3 Å². The third-order valence-electron chi connectivity index (χ3n) is 5.72. The van der Waals surface area contributed by atoms with E-state index in [1.165, 1.54) is 58.0 Å². The fourth-order valence-corrected chi connectivity index (χ4v) is 4.63. The molecule has 0 aromatic carbocycles. The number of fused-ring (bicyclic) bond motifs is 1. The summed E-state index contributed by atoms with van der Waals surface area (Å²) < 4.78 is 0. The zero-order valence-corrected chi connectivity index (χ0v) is 12.2. The summed E-state index contributed by atoms with van der Waals surface area (Å²) in [5.41, 5.74) is 0. The molecule has 5 atom stereocenters. The minimum absolute atomic E-state index is 0.797. The van der Waals surface area contributed by atoms with Gasteiger partial charge in [0.1, 0.15) is 0 Å². The summed E-state index contributed by atoms with van der Waals surface area (Å²) in [5, 5.41) is 4.05. The van der Waals surface area contributed by atoms with E-state index < -0.39 is 0 Å². The van der Waals surface area contributed by atoms with Crippen LogP contribution in [0, 0.1) is 11.8 Å². The lowest BCUT2D eigenvalue weighted by atomic mass is 9.79. The van der Waals surface area contributed by atoms with Crippen LogP contribution in [0.5, 0.6) is 0 Å². The van der Waals surface area contributed by atoms with Gasteiger partial charge in [0.2, 0.25) is 0 Å². The van der Waals surface area contributed by atoms with E-state index in [0.29, 0.717) is 0 Å². The van der Waals surface area contributed by atoms with Gasteiger partial charge in [-0.25, -0.2) is 0 Å². The first-order valence-corrected chi connectivity index (χ1v) is 8.24. The molecule has 0 amide bonds. The molecule has 2 heterocycles. The van der Waals surface area contributed by atoms with Crippen LogP contribution in [0.2, 0.25) is 0 Å². The van der Waals surface area contributed by atoms with Gasteiger partial charge >= 0.3 is 0 Å². The minimum atomic E-state index is 0.797. The summed E-state index contributed by atoms with van der Waals surface area (Å²) in [6.07, 6.45) is 9.99. The fraction of sp³-hybridized carbons (Fsp3) is 1.00. The Hall–Kier alpha value is -0.0800. The topological polar surface area (TPSA) is 15.3 Å². The van der Waals surface area contributed by atoms with Gasteiger partial charge in [0.05, 0.1) is 0 Å². The van der Waals surface area contributed by atoms with Crippen molar-refractivity contribution >= 4 is 0 Å². The molecule has 1 aliphatic carbocycles. The number of piperidine rings is 1. The Balaban J connectivity index is 1.56. The molecule has 0 spiro atoms. The third kappa shape index (κ3) is 2.60. The zero-order valence-electron chi connectivity index (χ0n) is 12.2. The molecule has 2 aliphatic heterocycles. The number of nitrogens with one attached hydrogen (secondary N) is 1. The van der Waals surface area contributed by atoms with E-state index in [1.807, 2.05) is 0 Å². The Kier molecular flexibility index (Phi) is 3.95. The molecule has 5 unspecified atom stereocenters. The summed E-state index contributed by atoms with van der Waals surface area (Å²) in [7, 11) is 0. The largest absolute Gasteiger partial charge is 0.309 e. The second-order valence-corrected chi connectivity index (χ2v) is 7.16. The van der Waals surface area contributed by atoms with E-state index >= 15 is 0 Å². The van der Waals surface area contributed by atoms with Crippen LogP contribution in [0.4, 0.5) is 0 Å². The maximum atomic E-state index is 4.05. The number of nitrogens with zero attached hydrogens (tertiary/aromatic N) is 1. The first-order valence-electron chi connectivity index (χ1n) is 8.24. The average Bonchev–Trinajstić information content (AvgIpc) is 2.76. The van der Waals surface area contributed by atoms with Gasteiger partial charge in [-0.15, -0.1) is 0 Å². The van der Waals surface area contributed by atoms with Gasteiger partial charge in [0.15, 0.2) is 0 Å². The molecule has 0 aromatic heterocycles. The lowest BCUT2D eigenvalue weighted by Gasteiger charge is -2.38. The molecule has 3 fully saturated rings. The Morgan fingerprint density at radius 1 is 0.889 bits per heavy atom. The zero-order chi connectivity index (χ0) is 12.5. The first-order chi connectivity index (χ1) is 8.74. The lowest BCUT2D eigenvalue weighted by Crippen LogP contribution is -2.51. The molecular weight excluding hydrogens is 220 g/mol. The Labute approximate surface area is 113 Å². The number of hydrogen-bond donors (Lipinski definition) is 1. The molecule has 18 heavy (non-hydrogen) atoms. The van der Waals surface area contributed by atoms with Crippen LogP contribution in [0.1, 0.15) is 58.8 Å². The van der Waals surface area contributed by atoms with Gasteiger partial charge in [0, 0.05) is 24.7 Å². The summed E-state index contributed by atoms with van der Waals surface area (Å²) in [6, 6.07) is 2.46. The van der Waals surface area contributed by atoms with Crippen LogP contribution in [0.3, 0.4) is 0 Å². The predicted octanol–water partition coefficient (Wildman–Crippen LogP) is 3.03. The smallest absolute Gasteiger partial charge is 0.0249 e.